The van der Waals surface area contributed by atoms with Crippen molar-refractivity contribution in [1.29, 1.82) is 0 Å². The van der Waals surface area contributed by atoms with Crippen LogP contribution in [0.1, 0.15) is 29.6 Å². The molecule has 8 heteroatoms. The third-order valence-corrected chi connectivity index (χ3v) is 5.68. The third kappa shape index (κ3) is 3.39. The number of nitrogens with zero attached hydrogens (tertiary/aromatic N) is 3. The highest BCUT2D eigenvalue weighted by molar-refractivity contribution is 5.97. The fourth-order valence-corrected chi connectivity index (χ4v) is 4.07. The number of aromatic amines is 1. The maximum absolute atomic E-state index is 12.7. The second-order valence-electron chi connectivity index (χ2n) is 7.30. The van der Waals surface area contributed by atoms with E-state index >= 15 is 0 Å². The molecule has 1 aliphatic heterocycles. The minimum Gasteiger partial charge on any atom is -0.481 e. The van der Waals surface area contributed by atoms with E-state index in [0.29, 0.717) is 51.0 Å². The number of carbonyl (C=O) groups excluding carboxylic acids is 2. The molecule has 1 aliphatic carbocycles. The van der Waals surface area contributed by atoms with Crippen LogP contribution in [0.25, 0.3) is 11.0 Å². The Labute approximate surface area is 156 Å². The van der Waals surface area contributed by atoms with Crippen LogP contribution in [0.2, 0.25) is 0 Å². The number of aromatic nitrogens is 2. The van der Waals surface area contributed by atoms with Crippen molar-refractivity contribution in [3.05, 3.63) is 30.1 Å². The van der Waals surface area contributed by atoms with Gasteiger partial charge in [0.05, 0.1) is 23.3 Å². The number of carboxylic acids is 1. The summed E-state index contributed by atoms with van der Waals surface area (Å²) < 4.78 is 0. The summed E-state index contributed by atoms with van der Waals surface area (Å²) >= 11 is 0. The summed E-state index contributed by atoms with van der Waals surface area (Å²) in [6.07, 6.45) is 3.23. The second-order valence-corrected chi connectivity index (χ2v) is 7.30. The maximum Gasteiger partial charge on any atom is 0.306 e. The quantitative estimate of drug-likeness (QED) is 0.848. The molecule has 1 saturated carbocycles. The Morgan fingerprint density at radius 2 is 1.74 bits per heavy atom. The predicted molar refractivity (Wildman–Crippen MR) is 97.0 cm³/mol. The standard InChI is InChI=1S/C19H22N4O4/c24-17(12-1-2-14(9-12)19(26)27)22-5-7-23(8-6-22)18(25)13-3-4-15-16(10-13)21-11-20-15/h3-4,10-12,14H,1-2,5-9H2,(H,20,21)(H,26,27)/t12-,14+/m0/s1. The number of carboxylic acid groups (broad SMARTS) is 1. The summed E-state index contributed by atoms with van der Waals surface area (Å²) in [6.45, 7) is 1.96. The Balaban J connectivity index is 1.35. The molecule has 8 nitrogen and oxygen atoms in total. The number of rotatable bonds is 3. The van der Waals surface area contributed by atoms with Gasteiger partial charge < -0.3 is 19.9 Å². The highest BCUT2D eigenvalue weighted by Gasteiger charge is 2.37. The molecule has 0 radical (unpaired) electrons. The van der Waals surface area contributed by atoms with Gasteiger partial charge in [0.2, 0.25) is 5.91 Å². The van der Waals surface area contributed by atoms with Gasteiger partial charge in [-0.2, -0.15) is 0 Å². The van der Waals surface area contributed by atoms with Crippen molar-refractivity contribution in [1.82, 2.24) is 19.8 Å². The van der Waals surface area contributed by atoms with Crippen LogP contribution in [-0.4, -0.2) is 68.8 Å². The first kappa shape index (κ1) is 17.5. The number of fused-ring (bicyclic) bond motifs is 1. The monoisotopic (exact) mass is 370 g/mol. The molecule has 2 aliphatic rings. The van der Waals surface area contributed by atoms with Crippen molar-refractivity contribution in [2.75, 3.05) is 26.2 Å². The normalized spacial score (nSPS) is 23.0. The number of carbonyl (C=O) groups is 3. The molecule has 2 aromatic rings. The van der Waals surface area contributed by atoms with E-state index in [0.717, 1.165) is 11.0 Å². The summed E-state index contributed by atoms with van der Waals surface area (Å²) in [4.78, 5) is 47.2. The Morgan fingerprint density at radius 3 is 2.44 bits per heavy atom. The molecule has 0 spiro atoms. The van der Waals surface area contributed by atoms with Gasteiger partial charge in [-0.25, -0.2) is 4.98 Å². The van der Waals surface area contributed by atoms with E-state index in [-0.39, 0.29) is 17.7 Å². The molecule has 4 rings (SSSR count). The van der Waals surface area contributed by atoms with Crippen LogP contribution in [0, 0.1) is 11.8 Å². The van der Waals surface area contributed by atoms with E-state index in [9.17, 15) is 14.4 Å². The van der Waals surface area contributed by atoms with Crippen LogP contribution in [0.15, 0.2) is 24.5 Å². The first-order valence-electron chi connectivity index (χ1n) is 9.27. The van der Waals surface area contributed by atoms with E-state index in [1.54, 1.807) is 28.3 Å². The van der Waals surface area contributed by atoms with E-state index < -0.39 is 11.9 Å². The Kier molecular flexibility index (Phi) is 4.55. The lowest BCUT2D eigenvalue weighted by atomic mass is 10.0. The summed E-state index contributed by atoms with van der Waals surface area (Å²) in [6, 6.07) is 5.39. The largest absolute Gasteiger partial charge is 0.481 e. The molecule has 142 valence electrons. The van der Waals surface area contributed by atoms with Crippen molar-refractivity contribution >= 4 is 28.8 Å². The van der Waals surface area contributed by atoms with Crippen LogP contribution in [0.3, 0.4) is 0 Å². The Hall–Kier alpha value is -2.90. The number of benzene rings is 1. The van der Waals surface area contributed by atoms with Gasteiger partial charge in [-0.15, -0.1) is 0 Å². The lowest BCUT2D eigenvalue weighted by molar-refractivity contribution is -0.142. The highest BCUT2D eigenvalue weighted by atomic mass is 16.4. The van der Waals surface area contributed by atoms with E-state index in [4.69, 9.17) is 5.11 Å². The number of nitrogens with one attached hydrogen (secondary N) is 1. The zero-order valence-corrected chi connectivity index (χ0v) is 14.9. The fraction of sp³-hybridized carbons (Fsp3) is 0.474. The highest BCUT2D eigenvalue weighted by Crippen LogP contribution is 2.32. The zero-order valence-electron chi connectivity index (χ0n) is 14.9. The Bertz CT molecular complexity index is 885. The van der Waals surface area contributed by atoms with Crippen LogP contribution >= 0.6 is 0 Å². The van der Waals surface area contributed by atoms with Gasteiger partial charge in [0.15, 0.2) is 0 Å². The van der Waals surface area contributed by atoms with Crippen LogP contribution in [-0.2, 0) is 9.59 Å². The van der Waals surface area contributed by atoms with E-state index in [1.807, 2.05) is 6.07 Å². The molecule has 2 fully saturated rings. The van der Waals surface area contributed by atoms with E-state index in [1.165, 1.54) is 0 Å². The number of H-pyrrole nitrogens is 1. The molecule has 2 atom stereocenters. The minimum absolute atomic E-state index is 0.0322. The number of imidazole rings is 1. The smallest absolute Gasteiger partial charge is 0.306 e. The fourth-order valence-electron chi connectivity index (χ4n) is 4.07. The molecule has 1 aromatic carbocycles. The van der Waals surface area contributed by atoms with Crippen molar-refractivity contribution in [3.8, 4) is 0 Å². The van der Waals surface area contributed by atoms with Gasteiger partial charge in [0.1, 0.15) is 0 Å². The first-order valence-corrected chi connectivity index (χ1v) is 9.27. The zero-order chi connectivity index (χ0) is 19.0. The minimum atomic E-state index is -0.810. The second kappa shape index (κ2) is 7.02. The summed E-state index contributed by atoms with van der Waals surface area (Å²) in [5, 5.41) is 9.10. The topological polar surface area (TPSA) is 107 Å². The average Bonchev–Trinajstić information content (AvgIpc) is 3.36. The van der Waals surface area contributed by atoms with Crippen LogP contribution < -0.4 is 0 Å². The lowest BCUT2D eigenvalue weighted by Gasteiger charge is -2.36. The summed E-state index contributed by atoms with van der Waals surface area (Å²) in [5.74, 6) is -1.43. The number of hydrogen-bond acceptors (Lipinski definition) is 4. The molecule has 1 saturated heterocycles. The molecule has 0 unspecified atom stereocenters. The molecule has 2 heterocycles. The van der Waals surface area contributed by atoms with Gasteiger partial charge in [-0.3, -0.25) is 14.4 Å². The van der Waals surface area contributed by atoms with Gasteiger partial charge >= 0.3 is 5.97 Å². The van der Waals surface area contributed by atoms with E-state index in [2.05, 4.69) is 9.97 Å². The van der Waals surface area contributed by atoms with Gasteiger partial charge in [-0.1, -0.05) is 0 Å². The summed E-state index contributed by atoms with van der Waals surface area (Å²) in [5.41, 5.74) is 2.24. The van der Waals surface area contributed by atoms with Crippen molar-refractivity contribution in [3.63, 3.8) is 0 Å². The van der Waals surface area contributed by atoms with Crippen molar-refractivity contribution in [2.45, 2.75) is 19.3 Å². The molecule has 2 amide bonds. The molecule has 27 heavy (non-hydrogen) atoms. The van der Waals surface area contributed by atoms with Gasteiger partial charge in [0, 0.05) is 37.7 Å². The average molecular weight is 370 g/mol. The van der Waals surface area contributed by atoms with Crippen molar-refractivity contribution in [2.24, 2.45) is 11.8 Å². The third-order valence-electron chi connectivity index (χ3n) is 5.68. The van der Waals surface area contributed by atoms with Crippen LogP contribution in [0.5, 0.6) is 0 Å². The SMILES string of the molecule is O=C(O)[C@@H]1CC[C@H](C(=O)N2CCN(C(=O)c3ccc4nc[nH]c4c3)CC2)C1. The number of piperazine rings is 1. The van der Waals surface area contributed by atoms with Gasteiger partial charge in [0.25, 0.3) is 5.91 Å². The number of hydrogen-bond donors (Lipinski definition) is 2. The Morgan fingerprint density at radius 1 is 1.04 bits per heavy atom. The predicted octanol–water partition coefficient (Wildman–Crippen LogP) is 1.35. The maximum atomic E-state index is 12.7. The number of aliphatic carboxylic acids is 1. The van der Waals surface area contributed by atoms with Crippen molar-refractivity contribution < 1.29 is 19.5 Å². The number of amides is 2. The molecular weight excluding hydrogens is 348 g/mol. The lowest BCUT2D eigenvalue weighted by Crippen LogP contribution is -2.51. The molecule has 1 aromatic heterocycles. The van der Waals surface area contributed by atoms with Gasteiger partial charge in [-0.05, 0) is 37.5 Å². The molecule has 0 bridgehead atoms. The first-order chi connectivity index (χ1) is 13.0. The molecular formula is C19H22N4O4. The van der Waals surface area contributed by atoms with Crippen LogP contribution in [0.4, 0.5) is 0 Å². The molecule has 2 N–H and O–H groups in total. The summed E-state index contributed by atoms with van der Waals surface area (Å²) in [7, 11) is 0.